The van der Waals surface area contributed by atoms with Gasteiger partial charge >= 0.3 is 0 Å². The number of morpholine rings is 1. The van der Waals surface area contributed by atoms with Gasteiger partial charge in [-0.25, -0.2) is 0 Å². The van der Waals surface area contributed by atoms with Crippen LogP contribution in [0.5, 0.6) is 0 Å². The van der Waals surface area contributed by atoms with Gasteiger partial charge in [-0.3, -0.25) is 4.90 Å². The predicted octanol–water partition coefficient (Wildman–Crippen LogP) is 2.69. The third kappa shape index (κ3) is 4.05. The highest BCUT2D eigenvalue weighted by molar-refractivity contribution is 5.19. The molecule has 1 fully saturated rings. The molecule has 0 amide bonds. The SMILES string of the molecule is CNC(c1ccccc1)C(C)CN1CCOC(C)(C)C1. The van der Waals surface area contributed by atoms with Gasteiger partial charge in [0.05, 0.1) is 12.2 Å². The summed E-state index contributed by atoms with van der Waals surface area (Å²) in [5.41, 5.74) is 1.36. The lowest BCUT2D eigenvalue weighted by Crippen LogP contribution is -2.50. The second-order valence-electron chi connectivity index (χ2n) is 6.50. The Morgan fingerprint density at radius 3 is 2.60 bits per heavy atom. The fourth-order valence-electron chi connectivity index (χ4n) is 3.22. The molecule has 1 aromatic rings. The number of hydrogen-bond acceptors (Lipinski definition) is 3. The second-order valence-corrected chi connectivity index (χ2v) is 6.50. The molecular weight excluding hydrogens is 248 g/mol. The van der Waals surface area contributed by atoms with Gasteiger partial charge < -0.3 is 10.1 Å². The molecule has 0 aliphatic carbocycles. The lowest BCUT2D eigenvalue weighted by molar-refractivity contribution is -0.0893. The van der Waals surface area contributed by atoms with Crippen LogP contribution in [0, 0.1) is 5.92 Å². The van der Waals surface area contributed by atoms with Crippen molar-refractivity contribution in [2.24, 2.45) is 5.92 Å². The van der Waals surface area contributed by atoms with Crippen LogP contribution in [0.25, 0.3) is 0 Å². The molecule has 1 saturated heterocycles. The van der Waals surface area contributed by atoms with E-state index in [0.29, 0.717) is 12.0 Å². The molecule has 1 aromatic carbocycles. The van der Waals surface area contributed by atoms with Gasteiger partial charge in [-0.2, -0.15) is 0 Å². The summed E-state index contributed by atoms with van der Waals surface area (Å²) in [5.74, 6) is 0.566. The molecule has 1 aliphatic rings. The number of nitrogens with zero attached hydrogens (tertiary/aromatic N) is 1. The van der Waals surface area contributed by atoms with Crippen LogP contribution in [-0.4, -0.2) is 43.8 Å². The summed E-state index contributed by atoms with van der Waals surface area (Å²) in [6, 6.07) is 11.1. The van der Waals surface area contributed by atoms with E-state index in [1.54, 1.807) is 0 Å². The van der Waals surface area contributed by atoms with Gasteiger partial charge in [-0.05, 0) is 32.4 Å². The maximum absolute atomic E-state index is 5.79. The smallest absolute Gasteiger partial charge is 0.0753 e. The van der Waals surface area contributed by atoms with Crippen LogP contribution in [0.1, 0.15) is 32.4 Å². The topological polar surface area (TPSA) is 24.5 Å². The van der Waals surface area contributed by atoms with Gasteiger partial charge in [-0.1, -0.05) is 37.3 Å². The van der Waals surface area contributed by atoms with E-state index >= 15 is 0 Å². The molecule has 0 bridgehead atoms. The highest BCUT2D eigenvalue weighted by Crippen LogP contribution is 2.24. The highest BCUT2D eigenvalue weighted by atomic mass is 16.5. The first-order valence-electron chi connectivity index (χ1n) is 7.60. The monoisotopic (exact) mass is 276 g/mol. The molecule has 1 N–H and O–H groups in total. The van der Waals surface area contributed by atoms with Crippen LogP contribution in [0.4, 0.5) is 0 Å². The predicted molar refractivity (Wildman–Crippen MR) is 83.9 cm³/mol. The average Bonchev–Trinajstić information content (AvgIpc) is 2.39. The van der Waals surface area contributed by atoms with E-state index in [0.717, 1.165) is 26.2 Å². The molecule has 0 spiro atoms. The maximum Gasteiger partial charge on any atom is 0.0753 e. The average molecular weight is 276 g/mol. The second kappa shape index (κ2) is 6.70. The molecule has 0 radical (unpaired) electrons. The first-order chi connectivity index (χ1) is 9.52. The van der Waals surface area contributed by atoms with E-state index in [-0.39, 0.29) is 5.60 Å². The van der Waals surface area contributed by atoms with Crippen molar-refractivity contribution in [2.45, 2.75) is 32.4 Å². The van der Waals surface area contributed by atoms with Crippen LogP contribution in [0.2, 0.25) is 0 Å². The highest BCUT2D eigenvalue weighted by Gasteiger charge is 2.29. The number of benzene rings is 1. The quantitative estimate of drug-likeness (QED) is 0.895. The van der Waals surface area contributed by atoms with Crippen LogP contribution in [0.3, 0.4) is 0 Å². The van der Waals surface area contributed by atoms with E-state index in [4.69, 9.17) is 4.74 Å². The molecule has 2 unspecified atom stereocenters. The molecule has 1 aliphatic heterocycles. The lowest BCUT2D eigenvalue weighted by atomic mass is 9.93. The molecule has 112 valence electrons. The van der Waals surface area contributed by atoms with Crippen molar-refractivity contribution in [3.63, 3.8) is 0 Å². The minimum Gasteiger partial charge on any atom is -0.373 e. The van der Waals surface area contributed by atoms with E-state index in [1.807, 2.05) is 0 Å². The zero-order valence-corrected chi connectivity index (χ0v) is 13.2. The summed E-state index contributed by atoms with van der Waals surface area (Å²) in [4.78, 5) is 2.53. The van der Waals surface area contributed by atoms with Crippen molar-refractivity contribution in [3.8, 4) is 0 Å². The van der Waals surface area contributed by atoms with Crippen molar-refractivity contribution in [1.29, 1.82) is 0 Å². The molecule has 1 heterocycles. The molecule has 2 rings (SSSR count). The lowest BCUT2D eigenvalue weighted by Gasteiger charge is -2.40. The number of hydrogen-bond donors (Lipinski definition) is 1. The Morgan fingerprint density at radius 2 is 2.00 bits per heavy atom. The first-order valence-corrected chi connectivity index (χ1v) is 7.60. The summed E-state index contributed by atoms with van der Waals surface area (Å²) in [7, 11) is 2.05. The summed E-state index contributed by atoms with van der Waals surface area (Å²) in [6.07, 6.45) is 0. The fraction of sp³-hybridized carbons (Fsp3) is 0.647. The van der Waals surface area contributed by atoms with Crippen LogP contribution in [-0.2, 0) is 4.74 Å². The van der Waals surface area contributed by atoms with Crippen molar-refractivity contribution in [1.82, 2.24) is 10.2 Å². The minimum atomic E-state index is -0.0140. The van der Waals surface area contributed by atoms with Gasteiger partial charge in [0.15, 0.2) is 0 Å². The Morgan fingerprint density at radius 1 is 1.30 bits per heavy atom. The van der Waals surface area contributed by atoms with Gasteiger partial charge in [-0.15, -0.1) is 0 Å². The molecule has 0 aromatic heterocycles. The van der Waals surface area contributed by atoms with Gasteiger partial charge in [0.1, 0.15) is 0 Å². The number of rotatable bonds is 5. The number of ether oxygens (including phenoxy) is 1. The summed E-state index contributed by atoms with van der Waals surface area (Å²) in [6.45, 7) is 10.7. The van der Waals surface area contributed by atoms with Crippen LogP contribution >= 0.6 is 0 Å². The van der Waals surface area contributed by atoms with Gasteiger partial charge in [0.25, 0.3) is 0 Å². The normalized spacial score (nSPS) is 22.4. The summed E-state index contributed by atoms with van der Waals surface area (Å²) >= 11 is 0. The molecule has 0 saturated carbocycles. The van der Waals surface area contributed by atoms with Crippen molar-refractivity contribution in [2.75, 3.05) is 33.3 Å². The number of nitrogens with one attached hydrogen (secondary N) is 1. The molecule has 20 heavy (non-hydrogen) atoms. The largest absolute Gasteiger partial charge is 0.373 e. The Bertz CT molecular complexity index is 405. The van der Waals surface area contributed by atoms with Crippen LogP contribution < -0.4 is 5.32 Å². The third-order valence-electron chi connectivity index (χ3n) is 4.09. The fourth-order valence-corrected chi connectivity index (χ4v) is 3.22. The Labute approximate surface area is 123 Å². The van der Waals surface area contributed by atoms with Crippen molar-refractivity contribution >= 4 is 0 Å². The van der Waals surface area contributed by atoms with E-state index < -0.39 is 0 Å². The summed E-state index contributed by atoms with van der Waals surface area (Å²) in [5, 5.41) is 3.47. The van der Waals surface area contributed by atoms with E-state index in [1.165, 1.54) is 5.56 Å². The maximum atomic E-state index is 5.79. The zero-order valence-electron chi connectivity index (χ0n) is 13.2. The molecule has 3 heteroatoms. The molecule has 3 nitrogen and oxygen atoms in total. The zero-order chi connectivity index (χ0) is 14.6. The molecular formula is C17H28N2O. The van der Waals surface area contributed by atoms with E-state index in [2.05, 4.69) is 68.4 Å². The molecule has 2 atom stereocenters. The first kappa shape index (κ1) is 15.5. The minimum absolute atomic E-state index is 0.0140. The standard InChI is InChI=1S/C17H28N2O/c1-14(12-19-10-11-20-17(2,3)13-19)16(18-4)15-8-6-5-7-9-15/h5-9,14,16,18H,10-13H2,1-4H3. The Balaban J connectivity index is 1.97. The van der Waals surface area contributed by atoms with Gasteiger partial charge in [0.2, 0.25) is 0 Å². The van der Waals surface area contributed by atoms with Crippen molar-refractivity contribution in [3.05, 3.63) is 35.9 Å². The van der Waals surface area contributed by atoms with Crippen molar-refractivity contribution < 1.29 is 4.74 Å². The summed E-state index contributed by atoms with van der Waals surface area (Å²) < 4.78 is 5.79. The van der Waals surface area contributed by atoms with Gasteiger partial charge in [0, 0.05) is 25.7 Å². The van der Waals surface area contributed by atoms with Crippen LogP contribution in [0.15, 0.2) is 30.3 Å². The Hall–Kier alpha value is -0.900. The third-order valence-corrected chi connectivity index (χ3v) is 4.09. The van der Waals surface area contributed by atoms with E-state index in [9.17, 15) is 0 Å². The Kier molecular flexibility index (Phi) is 5.19.